The highest BCUT2D eigenvalue weighted by molar-refractivity contribution is 5.60. The van der Waals surface area contributed by atoms with E-state index in [1.807, 2.05) is 0 Å². The van der Waals surface area contributed by atoms with Crippen LogP contribution in [0.4, 0.5) is 0 Å². The standard InChI is InChI=1S/C26H36/c1-10-14-22(18(3)4)21(11-2)19(5)17-23-20(6)25(7,8)24-15-12-13-16-26(23,24)9/h10-15,17H,16H2,1-9H3/b14-10-,19-17-,21-11+. The summed E-state index contributed by atoms with van der Waals surface area (Å²) >= 11 is 0. The highest BCUT2D eigenvalue weighted by Crippen LogP contribution is 2.60. The van der Waals surface area contributed by atoms with Gasteiger partial charge in [-0.25, -0.2) is 0 Å². The van der Waals surface area contributed by atoms with E-state index in [-0.39, 0.29) is 10.8 Å². The molecule has 0 radical (unpaired) electrons. The summed E-state index contributed by atoms with van der Waals surface area (Å²) in [4.78, 5) is 0. The smallest absolute Gasteiger partial charge is 0.0179 e. The Hall–Kier alpha value is -1.82. The Balaban J connectivity index is 2.61. The van der Waals surface area contributed by atoms with Crippen molar-refractivity contribution in [1.82, 2.24) is 0 Å². The Morgan fingerprint density at radius 1 is 1.08 bits per heavy atom. The molecule has 2 aliphatic rings. The van der Waals surface area contributed by atoms with Crippen LogP contribution >= 0.6 is 0 Å². The van der Waals surface area contributed by atoms with Crippen molar-refractivity contribution in [3.05, 3.63) is 81.5 Å². The lowest BCUT2D eigenvalue weighted by molar-refractivity contribution is 0.427. The molecule has 26 heavy (non-hydrogen) atoms. The molecule has 1 unspecified atom stereocenters. The lowest BCUT2D eigenvalue weighted by atomic mass is 9.69. The van der Waals surface area contributed by atoms with E-state index < -0.39 is 0 Å². The second-order valence-corrected chi connectivity index (χ2v) is 8.65. The molecule has 0 aromatic rings. The zero-order chi connectivity index (χ0) is 19.7. The molecule has 0 nitrogen and oxygen atoms in total. The fraction of sp³-hybridized carbons (Fsp3) is 0.462. The van der Waals surface area contributed by atoms with Gasteiger partial charge in [0.2, 0.25) is 0 Å². The zero-order valence-corrected chi connectivity index (χ0v) is 18.2. The molecular weight excluding hydrogens is 312 g/mol. The SMILES string of the molecule is C/C=C\C(=C(C)C)C(=C/C)/C(C)=C\C1=C(C)C(C)(C)C2=CC=CCC21C. The van der Waals surface area contributed by atoms with Gasteiger partial charge in [-0.15, -0.1) is 0 Å². The number of allylic oxidation sites excluding steroid dienone is 14. The van der Waals surface area contributed by atoms with Gasteiger partial charge in [-0.05, 0) is 75.8 Å². The first-order chi connectivity index (χ1) is 12.1. The topological polar surface area (TPSA) is 0 Å². The van der Waals surface area contributed by atoms with Gasteiger partial charge in [-0.3, -0.25) is 0 Å². The molecule has 0 fully saturated rings. The molecule has 1 atom stereocenters. The Kier molecular flexibility index (Phi) is 5.85. The molecule has 0 amide bonds. The van der Waals surface area contributed by atoms with Crippen molar-refractivity contribution >= 4 is 0 Å². The van der Waals surface area contributed by atoms with Crippen LogP contribution < -0.4 is 0 Å². The van der Waals surface area contributed by atoms with E-state index in [0.717, 1.165) is 6.42 Å². The van der Waals surface area contributed by atoms with E-state index in [9.17, 15) is 0 Å². The summed E-state index contributed by atoms with van der Waals surface area (Å²) in [7, 11) is 0. The van der Waals surface area contributed by atoms with Gasteiger partial charge in [0, 0.05) is 10.8 Å². The van der Waals surface area contributed by atoms with Gasteiger partial charge in [-0.2, -0.15) is 0 Å². The second kappa shape index (κ2) is 7.43. The van der Waals surface area contributed by atoms with Crippen molar-refractivity contribution in [2.24, 2.45) is 10.8 Å². The maximum absolute atomic E-state index is 2.46. The van der Waals surface area contributed by atoms with E-state index in [2.05, 4.69) is 105 Å². The van der Waals surface area contributed by atoms with Crippen LogP contribution in [0.2, 0.25) is 0 Å². The maximum Gasteiger partial charge on any atom is 0.0179 e. The molecule has 0 N–H and O–H groups in total. The van der Waals surface area contributed by atoms with Crippen LogP contribution in [0.1, 0.15) is 68.7 Å². The molecule has 0 spiro atoms. The van der Waals surface area contributed by atoms with Crippen LogP contribution in [-0.4, -0.2) is 0 Å². The maximum atomic E-state index is 2.46. The predicted molar refractivity (Wildman–Crippen MR) is 117 cm³/mol. The van der Waals surface area contributed by atoms with Crippen molar-refractivity contribution < 1.29 is 0 Å². The van der Waals surface area contributed by atoms with Crippen LogP contribution in [0.25, 0.3) is 0 Å². The highest BCUT2D eigenvalue weighted by atomic mass is 14.5. The van der Waals surface area contributed by atoms with Crippen LogP contribution in [0.15, 0.2) is 81.5 Å². The number of hydrogen-bond acceptors (Lipinski definition) is 0. The Morgan fingerprint density at radius 2 is 1.73 bits per heavy atom. The van der Waals surface area contributed by atoms with Gasteiger partial charge in [0.05, 0.1) is 0 Å². The van der Waals surface area contributed by atoms with Crippen molar-refractivity contribution in [2.45, 2.75) is 68.7 Å². The first-order valence-electron chi connectivity index (χ1n) is 9.86. The summed E-state index contributed by atoms with van der Waals surface area (Å²) in [5, 5.41) is 0. The summed E-state index contributed by atoms with van der Waals surface area (Å²) in [6.07, 6.45) is 17.1. The summed E-state index contributed by atoms with van der Waals surface area (Å²) in [5.41, 5.74) is 10.2. The fourth-order valence-electron chi connectivity index (χ4n) is 4.72. The molecule has 140 valence electrons. The first kappa shape index (κ1) is 20.5. The van der Waals surface area contributed by atoms with Gasteiger partial charge in [0.1, 0.15) is 0 Å². The normalized spacial score (nSPS) is 25.7. The van der Waals surface area contributed by atoms with Crippen molar-refractivity contribution in [3.8, 4) is 0 Å². The molecule has 0 saturated carbocycles. The molecular formula is C26H36. The summed E-state index contributed by atoms with van der Waals surface area (Å²) < 4.78 is 0. The quantitative estimate of drug-likeness (QED) is 0.451. The van der Waals surface area contributed by atoms with Gasteiger partial charge < -0.3 is 0 Å². The van der Waals surface area contributed by atoms with Gasteiger partial charge >= 0.3 is 0 Å². The molecule has 0 heterocycles. The lowest BCUT2D eigenvalue weighted by Gasteiger charge is -2.35. The molecule has 2 aliphatic carbocycles. The number of fused-ring (bicyclic) bond motifs is 1. The van der Waals surface area contributed by atoms with Crippen molar-refractivity contribution in [2.75, 3.05) is 0 Å². The van der Waals surface area contributed by atoms with Gasteiger partial charge in [0.15, 0.2) is 0 Å². The third-order valence-electron chi connectivity index (χ3n) is 6.37. The molecule has 0 saturated heterocycles. The molecule has 2 rings (SSSR count). The third-order valence-corrected chi connectivity index (χ3v) is 6.37. The van der Waals surface area contributed by atoms with Gasteiger partial charge in [0.25, 0.3) is 0 Å². The van der Waals surface area contributed by atoms with Crippen LogP contribution in [0.3, 0.4) is 0 Å². The van der Waals surface area contributed by atoms with Crippen molar-refractivity contribution in [3.63, 3.8) is 0 Å². The minimum atomic E-state index is 0.119. The summed E-state index contributed by atoms with van der Waals surface area (Å²) in [6, 6.07) is 0. The van der Waals surface area contributed by atoms with E-state index in [4.69, 9.17) is 0 Å². The Bertz CT molecular complexity index is 793. The molecule has 0 heteroatoms. The van der Waals surface area contributed by atoms with Crippen LogP contribution in [0.5, 0.6) is 0 Å². The Labute approximate surface area is 161 Å². The molecule has 0 aromatic heterocycles. The summed E-state index contributed by atoms with van der Waals surface area (Å²) in [5.74, 6) is 0. The van der Waals surface area contributed by atoms with Gasteiger partial charge in [-0.1, -0.05) is 74.4 Å². The largest absolute Gasteiger partial charge is 0.0870 e. The minimum absolute atomic E-state index is 0.119. The summed E-state index contributed by atoms with van der Waals surface area (Å²) in [6.45, 7) is 20.4. The van der Waals surface area contributed by atoms with E-state index in [1.54, 1.807) is 5.57 Å². The van der Waals surface area contributed by atoms with Crippen molar-refractivity contribution in [1.29, 1.82) is 0 Å². The average molecular weight is 349 g/mol. The van der Waals surface area contributed by atoms with Crippen LogP contribution in [0, 0.1) is 10.8 Å². The monoisotopic (exact) mass is 348 g/mol. The molecule has 0 bridgehead atoms. The highest BCUT2D eigenvalue weighted by Gasteiger charge is 2.48. The number of rotatable bonds is 4. The lowest BCUT2D eigenvalue weighted by Crippen LogP contribution is -2.24. The molecule has 0 aromatic carbocycles. The third kappa shape index (κ3) is 3.27. The average Bonchev–Trinajstić information content (AvgIpc) is 2.72. The number of hydrogen-bond donors (Lipinski definition) is 0. The predicted octanol–water partition coefficient (Wildman–Crippen LogP) is 8.04. The van der Waals surface area contributed by atoms with E-state index in [0.29, 0.717) is 0 Å². The minimum Gasteiger partial charge on any atom is -0.0870 e. The molecule has 0 aliphatic heterocycles. The fourth-order valence-corrected chi connectivity index (χ4v) is 4.72. The van der Waals surface area contributed by atoms with E-state index >= 15 is 0 Å². The first-order valence-corrected chi connectivity index (χ1v) is 9.86. The second-order valence-electron chi connectivity index (χ2n) is 8.65. The van der Waals surface area contributed by atoms with Crippen LogP contribution in [-0.2, 0) is 0 Å². The van der Waals surface area contributed by atoms with E-state index in [1.165, 1.54) is 33.4 Å². The Morgan fingerprint density at radius 3 is 2.27 bits per heavy atom. The zero-order valence-electron chi connectivity index (χ0n) is 18.2.